The highest BCUT2D eigenvalue weighted by atomic mass is 16.2. The normalized spacial score (nSPS) is 18.7. The molecule has 0 bridgehead atoms. The van der Waals surface area contributed by atoms with Crippen molar-refractivity contribution in [2.75, 3.05) is 7.05 Å². The molecule has 0 aromatic rings. The van der Waals surface area contributed by atoms with Crippen LogP contribution in [0.5, 0.6) is 0 Å². The summed E-state index contributed by atoms with van der Waals surface area (Å²) >= 11 is 0. The van der Waals surface area contributed by atoms with E-state index >= 15 is 0 Å². The van der Waals surface area contributed by atoms with E-state index in [4.69, 9.17) is 0 Å². The molecule has 0 spiro atoms. The summed E-state index contributed by atoms with van der Waals surface area (Å²) in [5.74, 6) is 0.540. The zero-order valence-electron chi connectivity index (χ0n) is 10.2. The fraction of sp³-hybridized carbons (Fsp3) is 0.818. The van der Waals surface area contributed by atoms with E-state index in [1.165, 1.54) is 19.9 Å². The molecular weight excluding hydrogens is 206 g/mol. The van der Waals surface area contributed by atoms with Gasteiger partial charge in [-0.2, -0.15) is 0 Å². The van der Waals surface area contributed by atoms with Gasteiger partial charge in [0.2, 0.25) is 5.91 Å². The first kappa shape index (κ1) is 13.0. The minimum atomic E-state index is -0.464. The molecule has 0 aromatic carbocycles. The zero-order valence-corrected chi connectivity index (χ0v) is 10.2. The Balaban J connectivity index is 2.23. The van der Waals surface area contributed by atoms with Gasteiger partial charge in [0, 0.05) is 13.1 Å². The van der Waals surface area contributed by atoms with Crippen LogP contribution in [-0.2, 0) is 4.79 Å². The van der Waals surface area contributed by atoms with Gasteiger partial charge in [0.1, 0.15) is 0 Å². The zero-order chi connectivity index (χ0) is 12.1. The van der Waals surface area contributed by atoms with Crippen molar-refractivity contribution in [3.8, 4) is 0 Å². The van der Waals surface area contributed by atoms with Crippen molar-refractivity contribution in [1.82, 2.24) is 16.0 Å². The second-order valence-electron chi connectivity index (χ2n) is 4.54. The molecule has 1 aliphatic carbocycles. The average molecular weight is 227 g/mol. The minimum absolute atomic E-state index is 0.290. The maximum absolute atomic E-state index is 11.5. The van der Waals surface area contributed by atoms with Crippen LogP contribution < -0.4 is 16.0 Å². The van der Waals surface area contributed by atoms with Crippen LogP contribution >= 0.6 is 0 Å². The number of hydrogen-bond acceptors (Lipinski definition) is 3. The fourth-order valence-corrected chi connectivity index (χ4v) is 1.71. The molecule has 3 N–H and O–H groups in total. The third-order valence-corrected chi connectivity index (χ3v) is 2.78. The molecule has 1 rings (SSSR count). The van der Waals surface area contributed by atoms with E-state index in [1.54, 1.807) is 6.92 Å². The molecule has 0 saturated heterocycles. The Bertz CT molecular complexity index is 264. The fourth-order valence-electron chi connectivity index (χ4n) is 1.71. The summed E-state index contributed by atoms with van der Waals surface area (Å²) in [6, 6.07) is -0.488. The van der Waals surface area contributed by atoms with Crippen molar-refractivity contribution in [1.29, 1.82) is 0 Å². The molecule has 0 radical (unpaired) electrons. The van der Waals surface area contributed by atoms with Gasteiger partial charge >= 0.3 is 6.03 Å². The molecule has 0 aromatic heterocycles. The smallest absolute Gasteiger partial charge is 0.321 e. The molecule has 3 amide bonds. The van der Waals surface area contributed by atoms with Crippen LogP contribution in [0.25, 0.3) is 0 Å². The van der Waals surface area contributed by atoms with Crippen LogP contribution in [-0.4, -0.2) is 31.1 Å². The van der Waals surface area contributed by atoms with E-state index in [-0.39, 0.29) is 11.9 Å². The first-order chi connectivity index (χ1) is 7.52. The summed E-state index contributed by atoms with van der Waals surface area (Å²) in [6.45, 7) is 3.84. The third kappa shape index (κ3) is 4.61. The van der Waals surface area contributed by atoms with Crippen molar-refractivity contribution in [3.63, 3.8) is 0 Å². The lowest BCUT2D eigenvalue weighted by Crippen LogP contribution is -2.49. The van der Waals surface area contributed by atoms with Crippen LogP contribution in [0.1, 0.15) is 33.1 Å². The molecule has 5 nitrogen and oxygen atoms in total. The molecule has 92 valence electrons. The largest absolute Gasteiger partial charge is 0.341 e. The monoisotopic (exact) mass is 227 g/mol. The second-order valence-corrected chi connectivity index (χ2v) is 4.54. The molecule has 1 aliphatic rings. The van der Waals surface area contributed by atoms with Gasteiger partial charge in [0.25, 0.3) is 0 Å². The van der Waals surface area contributed by atoms with Crippen molar-refractivity contribution in [2.24, 2.45) is 5.92 Å². The van der Waals surface area contributed by atoms with Crippen molar-refractivity contribution < 1.29 is 9.59 Å². The van der Waals surface area contributed by atoms with Gasteiger partial charge in [0.15, 0.2) is 0 Å². The summed E-state index contributed by atoms with van der Waals surface area (Å²) in [5, 5.41) is 7.79. The van der Waals surface area contributed by atoms with E-state index in [0.29, 0.717) is 6.04 Å². The molecule has 2 atom stereocenters. The number of urea groups is 1. The van der Waals surface area contributed by atoms with E-state index < -0.39 is 6.03 Å². The topological polar surface area (TPSA) is 70.2 Å². The second kappa shape index (κ2) is 5.84. The quantitative estimate of drug-likeness (QED) is 0.644. The Labute approximate surface area is 96.4 Å². The lowest BCUT2D eigenvalue weighted by atomic mass is 10.1. The van der Waals surface area contributed by atoms with Gasteiger partial charge in [-0.3, -0.25) is 10.1 Å². The molecule has 16 heavy (non-hydrogen) atoms. The number of hydrogen-bond donors (Lipinski definition) is 3. The first-order valence-corrected chi connectivity index (χ1v) is 5.81. The summed E-state index contributed by atoms with van der Waals surface area (Å²) in [7, 11) is 1.48. The summed E-state index contributed by atoms with van der Waals surface area (Å²) in [4.78, 5) is 22.4. The van der Waals surface area contributed by atoms with Crippen molar-refractivity contribution in [3.05, 3.63) is 0 Å². The van der Waals surface area contributed by atoms with Crippen molar-refractivity contribution >= 4 is 11.9 Å². The van der Waals surface area contributed by atoms with Gasteiger partial charge in [-0.25, -0.2) is 4.79 Å². The SMILES string of the molecule is CNC(=O)NC(=O)C(C)NC(C)CC1CC1. The van der Waals surface area contributed by atoms with Crippen LogP contribution in [0.2, 0.25) is 0 Å². The summed E-state index contributed by atoms with van der Waals surface area (Å²) in [6.07, 6.45) is 3.73. The Kier molecular flexibility index (Phi) is 4.73. The lowest BCUT2D eigenvalue weighted by molar-refractivity contribution is -0.121. The van der Waals surface area contributed by atoms with Crippen molar-refractivity contribution in [2.45, 2.75) is 45.2 Å². The Hall–Kier alpha value is -1.10. The maximum atomic E-state index is 11.5. The highest BCUT2D eigenvalue weighted by molar-refractivity contribution is 5.96. The summed E-state index contributed by atoms with van der Waals surface area (Å²) < 4.78 is 0. The van der Waals surface area contributed by atoms with E-state index in [9.17, 15) is 9.59 Å². The lowest BCUT2D eigenvalue weighted by Gasteiger charge is -2.18. The van der Waals surface area contributed by atoms with Crippen LogP contribution in [0.4, 0.5) is 4.79 Å². The molecule has 0 heterocycles. The molecule has 1 saturated carbocycles. The predicted octanol–water partition coefficient (Wildman–Crippen LogP) is 0.609. The minimum Gasteiger partial charge on any atom is -0.341 e. The highest BCUT2D eigenvalue weighted by Crippen LogP contribution is 2.33. The molecule has 1 fully saturated rings. The van der Waals surface area contributed by atoms with Gasteiger partial charge in [-0.15, -0.1) is 0 Å². The molecular formula is C11H21N3O2. The first-order valence-electron chi connectivity index (χ1n) is 5.81. The van der Waals surface area contributed by atoms with E-state index in [1.807, 2.05) is 0 Å². The number of amides is 3. The number of nitrogens with one attached hydrogen (secondary N) is 3. The van der Waals surface area contributed by atoms with Gasteiger partial charge in [0.05, 0.1) is 6.04 Å². The number of carbonyl (C=O) groups is 2. The standard InChI is InChI=1S/C11H21N3O2/c1-7(6-9-4-5-9)13-8(2)10(15)14-11(16)12-3/h7-9,13H,4-6H2,1-3H3,(H2,12,14,15,16). The molecule has 2 unspecified atom stereocenters. The number of rotatable bonds is 5. The maximum Gasteiger partial charge on any atom is 0.321 e. The predicted molar refractivity (Wildman–Crippen MR) is 62.0 cm³/mol. The van der Waals surface area contributed by atoms with Crippen LogP contribution in [0, 0.1) is 5.92 Å². The highest BCUT2D eigenvalue weighted by Gasteiger charge is 2.25. The van der Waals surface area contributed by atoms with Gasteiger partial charge in [-0.05, 0) is 26.2 Å². The van der Waals surface area contributed by atoms with Crippen LogP contribution in [0.15, 0.2) is 0 Å². The van der Waals surface area contributed by atoms with E-state index in [0.717, 1.165) is 12.3 Å². The Morgan fingerprint density at radius 3 is 2.44 bits per heavy atom. The molecule has 0 aliphatic heterocycles. The van der Waals surface area contributed by atoms with Gasteiger partial charge in [-0.1, -0.05) is 12.8 Å². The number of imide groups is 1. The van der Waals surface area contributed by atoms with Crippen LogP contribution in [0.3, 0.4) is 0 Å². The van der Waals surface area contributed by atoms with Gasteiger partial charge < -0.3 is 10.6 Å². The van der Waals surface area contributed by atoms with E-state index in [2.05, 4.69) is 22.9 Å². The Morgan fingerprint density at radius 2 is 1.94 bits per heavy atom. The average Bonchev–Trinajstić information content (AvgIpc) is 3.00. The third-order valence-electron chi connectivity index (χ3n) is 2.78. The Morgan fingerprint density at radius 1 is 1.31 bits per heavy atom. The summed E-state index contributed by atoms with van der Waals surface area (Å²) in [5.41, 5.74) is 0. The molecule has 5 heteroatoms. The number of carbonyl (C=O) groups excluding carboxylic acids is 2.